The van der Waals surface area contributed by atoms with Gasteiger partial charge in [0.05, 0.1) is 12.1 Å². The van der Waals surface area contributed by atoms with Crippen LogP contribution >= 0.6 is 11.6 Å². The smallest absolute Gasteiger partial charge is 0.132 e. The molecule has 59 valence electrons. The zero-order valence-electron chi connectivity index (χ0n) is 6.23. The van der Waals surface area contributed by atoms with Gasteiger partial charge in [0.1, 0.15) is 5.75 Å². The van der Waals surface area contributed by atoms with E-state index in [0.29, 0.717) is 17.3 Å². The fourth-order valence-corrected chi connectivity index (χ4v) is 0.972. The highest BCUT2D eigenvalue weighted by atomic mass is 35.5. The zero-order chi connectivity index (χ0) is 8.27. The van der Waals surface area contributed by atoms with Gasteiger partial charge in [0.25, 0.3) is 0 Å². The minimum absolute atomic E-state index is 0.441. The molecule has 0 aliphatic rings. The van der Waals surface area contributed by atoms with Gasteiger partial charge in [0, 0.05) is 18.2 Å². The van der Waals surface area contributed by atoms with Crippen LogP contribution in [0.5, 0.6) is 5.75 Å². The van der Waals surface area contributed by atoms with E-state index in [4.69, 9.17) is 22.1 Å². The Morgan fingerprint density at radius 2 is 2.36 bits per heavy atom. The molecule has 2 nitrogen and oxygen atoms in total. The summed E-state index contributed by atoms with van der Waals surface area (Å²) in [6, 6.07) is 6.41. The molecule has 0 saturated carbocycles. The standard InChI is InChI=1S/C8H9ClNO/c1-11-8-4-7(9)3-2-6(8)5-10/h2-3H,5,10H2,1H3. The summed E-state index contributed by atoms with van der Waals surface area (Å²) in [5.74, 6) is 0.625. The molecule has 11 heavy (non-hydrogen) atoms. The van der Waals surface area contributed by atoms with E-state index in [9.17, 15) is 0 Å². The first kappa shape index (κ1) is 8.37. The van der Waals surface area contributed by atoms with Crippen LogP contribution in [0, 0.1) is 6.07 Å². The SMILES string of the molecule is COc1[c]c(Cl)ccc1CN. The van der Waals surface area contributed by atoms with E-state index in [1.165, 1.54) is 0 Å². The number of methoxy groups -OCH3 is 1. The first-order valence-electron chi connectivity index (χ1n) is 3.22. The molecule has 0 unspecified atom stereocenters. The first-order chi connectivity index (χ1) is 5.27. The van der Waals surface area contributed by atoms with E-state index in [1.807, 2.05) is 6.07 Å². The van der Waals surface area contributed by atoms with Gasteiger partial charge in [-0.1, -0.05) is 17.7 Å². The number of halogens is 1. The monoisotopic (exact) mass is 170 g/mol. The lowest BCUT2D eigenvalue weighted by atomic mass is 10.2. The van der Waals surface area contributed by atoms with Crippen LogP contribution in [0.4, 0.5) is 0 Å². The van der Waals surface area contributed by atoms with Gasteiger partial charge in [-0.25, -0.2) is 0 Å². The summed E-state index contributed by atoms with van der Waals surface area (Å²) < 4.78 is 5.00. The maximum absolute atomic E-state index is 5.68. The van der Waals surface area contributed by atoms with Gasteiger partial charge in [0.15, 0.2) is 0 Å². The lowest BCUT2D eigenvalue weighted by molar-refractivity contribution is 0.409. The van der Waals surface area contributed by atoms with Crippen LogP contribution in [0.2, 0.25) is 5.02 Å². The Morgan fingerprint density at radius 3 is 2.91 bits per heavy atom. The summed E-state index contributed by atoms with van der Waals surface area (Å²) >= 11 is 5.68. The highest BCUT2D eigenvalue weighted by Gasteiger charge is 2.00. The molecule has 0 amide bonds. The number of nitrogens with two attached hydrogens (primary N) is 1. The quantitative estimate of drug-likeness (QED) is 0.732. The first-order valence-corrected chi connectivity index (χ1v) is 3.60. The summed E-state index contributed by atoms with van der Waals surface area (Å²) in [7, 11) is 1.57. The average Bonchev–Trinajstić information content (AvgIpc) is 2.04. The molecule has 0 saturated heterocycles. The van der Waals surface area contributed by atoms with Crippen molar-refractivity contribution in [3.8, 4) is 5.75 Å². The molecular weight excluding hydrogens is 162 g/mol. The van der Waals surface area contributed by atoms with Gasteiger partial charge < -0.3 is 10.5 Å². The molecule has 0 aliphatic heterocycles. The number of rotatable bonds is 2. The predicted molar refractivity (Wildman–Crippen MR) is 44.7 cm³/mol. The molecule has 3 heteroatoms. The van der Waals surface area contributed by atoms with Crippen LogP contribution < -0.4 is 10.5 Å². The number of ether oxygens (including phenoxy) is 1. The van der Waals surface area contributed by atoms with Crippen molar-refractivity contribution >= 4 is 11.6 Å². The molecule has 2 N–H and O–H groups in total. The Bertz CT molecular complexity index is 250. The van der Waals surface area contributed by atoms with Gasteiger partial charge in [0.2, 0.25) is 0 Å². The van der Waals surface area contributed by atoms with Gasteiger partial charge >= 0.3 is 0 Å². The van der Waals surface area contributed by atoms with Gasteiger partial charge in [-0.05, 0) is 6.07 Å². The van der Waals surface area contributed by atoms with Crippen molar-refractivity contribution in [2.75, 3.05) is 7.11 Å². The number of hydrogen-bond donors (Lipinski definition) is 1. The minimum atomic E-state index is 0.441. The lowest BCUT2D eigenvalue weighted by Gasteiger charge is -2.04. The van der Waals surface area contributed by atoms with Crippen molar-refractivity contribution in [2.24, 2.45) is 5.73 Å². The molecule has 0 spiro atoms. The molecule has 0 aliphatic carbocycles. The fourth-order valence-electron chi connectivity index (χ4n) is 0.823. The Labute approximate surface area is 70.9 Å². The normalized spacial score (nSPS) is 9.73. The van der Waals surface area contributed by atoms with Crippen LogP contribution in [0.3, 0.4) is 0 Å². The van der Waals surface area contributed by atoms with Gasteiger partial charge in [-0.15, -0.1) is 0 Å². The summed E-state index contributed by atoms with van der Waals surface area (Å²) in [5, 5.41) is 0.541. The van der Waals surface area contributed by atoms with E-state index in [-0.39, 0.29) is 0 Å². The topological polar surface area (TPSA) is 35.2 Å². The van der Waals surface area contributed by atoms with Crippen molar-refractivity contribution < 1.29 is 4.74 Å². The van der Waals surface area contributed by atoms with E-state index in [2.05, 4.69) is 6.07 Å². The Morgan fingerprint density at radius 1 is 1.64 bits per heavy atom. The van der Waals surface area contributed by atoms with Gasteiger partial charge in [-0.2, -0.15) is 0 Å². The zero-order valence-corrected chi connectivity index (χ0v) is 6.98. The molecule has 1 aromatic carbocycles. The maximum atomic E-state index is 5.68. The summed E-state index contributed by atoms with van der Waals surface area (Å²) in [6.45, 7) is 0.441. The highest BCUT2D eigenvalue weighted by molar-refractivity contribution is 6.30. The van der Waals surface area contributed by atoms with E-state index >= 15 is 0 Å². The molecule has 1 radical (unpaired) electrons. The molecule has 0 fully saturated rings. The second-order valence-electron chi connectivity index (χ2n) is 2.07. The van der Waals surface area contributed by atoms with Crippen LogP contribution in [0.25, 0.3) is 0 Å². The van der Waals surface area contributed by atoms with Crippen LogP contribution in [-0.4, -0.2) is 7.11 Å². The Hall–Kier alpha value is -0.730. The summed E-state index contributed by atoms with van der Waals surface area (Å²) in [5.41, 5.74) is 6.35. The maximum Gasteiger partial charge on any atom is 0.132 e. The lowest BCUT2D eigenvalue weighted by Crippen LogP contribution is -1.99. The van der Waals surface area contributed by atoms with E-state index < -0.39 is 0 Å². The highest BCUT2D eigenvalue weighted by Crippen LogP contribution is 2.21. The fraction of sp³-hybridized carbons (Fsp3) is 0.250. The third-order valence-corrected chi connectivity index (χ3v) is 1.60. The number of hydrogen-bond acceptors (Lipinski definition) is 2. The summed E-state index contributed by atoms with van der Waals surface area (Å²) in [6.07, 6.45) is 0. The van der Waals surface area contributed by atoms with Crippen molar-refractivity contribution in [1.29, 1.82) is 0 Å². The summed E-state index contributed by atoms with van der Waals surface area (Å²) in [4.78, 5) is 0. The van der Waals surface area contributed by atoms with Crippen molar-refractivity contribution in [3.63, 3.8) is 0 Å². The van der Waals surface area contributed by atoms with Crippen molar-refractivity contribution in [2.45, 2.75) is 6.54 Å². The number of benzene rings is 1. The molecule has 0 atom stereocenters. The Kier molecular flexibility index (Phi) is 2.74. The van der Waals surface area contributed by atoms with Crippen LogP contribution in [0.15, 0.2) is 12.1 Å². The molecule has 0 aromatic heterocycles. The van der Waals surface area contributed by atoms with Crippen molar-refractivity contribution in [1.82, 2.24) is 0 Å². The van der Waals surface area contributed by atoms with E-state index in [1.54, 1.807) is 13.2 Å². The molecule has 1 rings (SSSR count). The van der Waals surface area contributed by atoms with Crippen LogP contribution in [0.1, 0.15) is 5.56 Å². The second-order valence-corrected chi connectivity index (χ2v) is 2.48. The van der Waals surface area contributed by atoms with Gasteiger partial charge in [-0.3, -0.25) is 0 Å². The molecule has 1 aromatic rings. The van der Waals surface area contributed by atoms with Crippen LogP contribution in [-0.2, 0) is 6.54 Å². The third-order valence-electron chi connectivity index (χ3n) is 1.38. The molecule has 0 bridgehead atoms. The van der Waals surface area contributed by atoms with E-state index in [0.717, 1.165) is 5.56 Å². The second kappa shape index (κ2) is 3.60. The largest absolute Gasteiger partial charge is 0.496 e. The predicted octanol–water partition coefficient (Wildman–Crippen LogP) is 1.61. The minimum Gasteiger partial charge on any atom is -0.496 e. The molecule has 0 heterocycles. The average molecular weight is 171 g/mol. The Balaban J connectivity index is 3.06. The molecular formula is C8H9ClNO. The van der Waals surface area contributed by atoms with Crippen molar-refractivity contribution in [3.05, 3.63) is 28.8 Å². The third kappa shape index (κ3) is 1.85.